The molecule has 0 radical (unpaired) electrons. The zero-order valence-corrected chi connectivity index (χ0v) is 15.3. The molecule has 0 spiro atoms. The van der Waals surface area contributed by atoms with Crippen molar-refractivity contribution in [3.63, 3.8) is 0 Å². The van der Waals surface area contributed by atoms with Crippen LogP contribution in [0.3, 0.4) is 0 Å². The van der Waals surface area contributed by atoms with Gasteiger partial charge in [-0.25, -0.2) is 0 Å². The van der Waals surface area contributed by atoms with Gasteiger partial charge >= 0.3 is 11.9 Å². The van der Waals surface area contributed by atoms with Crippen molar-refractivity contribution in [3.8, 4) is 0 Å². The number of carbonyl (C=O) groups excluding carboxylic acids is 2. The second-order valence-electron chi connectivity index (χ2n) is 9.04. The van der Waals surface area contributed by atoms with Crippen LogP contribution in [0.1, 0.15) is 46.0 Å². The van der Waals surface area contributed by atoms with E-state index in [2.05, 4.69) is 24.5 Å². The Bertz CT molecular complexity index is 512. The molecule has 0 unspecified atom stereocenters. The van der Waals surface area contributed by atoms with Gasteiger partial charge in [0.1, 0.15) is 0 Å². The minimum atomic E-state index is -0.0450. The topological polar surface area (TPSA) is 76.7 Å². The lowest BCUT2D eigenvalue weighted by Crippen LogP contribution is -2.49. The van der Waals surface area contributed by atoms with Gasteiger partial charge in [-0.15, -0.1) is 0 Å². The summed E-state index contributed by atoms with van der Waals surface area (Å²) in [6.07, 6.45) is 4.75. The lowest BCUT2D eigenvalue weighted by Gasteiger charge is -2.41. The fourth-order valence-corrected chi connectivity index (χ4v) is 5.42. The molecule has 6 heteroatoms. The van der Waals surface area contributed by atoms with E-state index in [1.165, 1.54) is 0 Å². The Kier molecular flexibility index (Phi) is 4.31. The van der Waals surface area contributed by atoms with Gasteiger partial charge in [0.05, 0.1) is 25.0 Å². The van der Waals surface area contributed by atoms with E-state index in [0.29, 0.717) is 25.3 Å². The number of carbonyl (C=O) groups is 2. The highest BCUT2D eigenvalue weighted by Crippen LogP contribution is 2.52. The molecule has 4 saturated heterocycles. The van der Waals surface area contributed by atoms with Crippen LogP contribution in [0.2, 0.25) is 0 Å². The third-order valence-electron chi connectivity index (χ3n) is 7.00. The van der Waals surface area contributed by atoms with Gasteiger partial charge in [-0.3, -0.25) is 9.59 Å². The van der Waals surface area contributed by atoms with Gasteiger partial charge < -0.3 is 20.1 Å². The van der Waals surface area contributed by atoms with Crippen molar-refractivity contribution < 1.29 is 19.1 Å². The maximum Gasteiger partial charge on any atom is 0.311 e. The van der Waals surface area contributed by atoms with Crippen LogP contribution in [0.25, 0.3) is 0 Å². The van der Waals surface area contributed by atoms with Crippen LogP contribution in [0.5, 0.6) is 0 Å². The molecule has 4 aliphatic heterocycles. The van der Waals surface area contributed by atoms with Crippen molar-refractivity contribution in [2.24, 2.45) is 22.7 Å². The van der Waals surface area contributed by atoms with E-state index in [9.17, 15) is 9.59 Å². The Morgan fingerprint density at radius 3 is 1.60 bits per heavy atom. The molecule has 6 nitrogen and oxygen atoms in total. The smallest absolute Gasteiger partial charge is 0.311 e. The molecular formula is C19H30N2O4. The molecule has 6 atom stereocenters. The van der Waals surface area contributed by atoms with Crippen molar-refractivity contribution in [2.45, 2.75) is 58.0 Å². The number of fused-ring (bicyclic) bond motifs is 2. The van der Waals surface area contributed by atoms with E-state index >= 15 is 0 Å². The van der Waals surface area contributed by atoms with Crippen LogP contribution in [-0.2, 0) is 19.1 Å². The maximum atomic E-state index is 12.1. The van der Waals surface area contributed by atoms with Crippen LogP contribution in [0.15, 0.2) is 0 Å². The Labute approximate surface area is 149 Å². The predicted molar refractivity (Wildman–Crippen MR) is 91.8 cm³/mol. The number of ether oxygens (including phenoxy) is 2. The molecule has 25 heavy (non-hydrogen) atoms. The first kappa shape index (κ1) is 17.3. The standard InChI is InChI=1S/C19H30N2O4/c1-18-8-12(20-10-18)14(18)16(22)24-6-4-3-5-7-25-17(23)15-13-9-19(15,2)11-21-13/h12-15,20-21H,3-11H2,1-2H3/t12-,13-,14+,15+,18-,19-/m1/s1. The summed E-state index contributed by atoms with van der Waals surface area (Å²) < 4.78 is 10.9. The average Bonchev–Trinajstić information content (AvgIpc) is 3.25. The van der Waals surface area contributed by atoms with Gasteiger partial charge in [0.15, 0.2) is 0 Å². The van der Waals surface area contributed by atoms with Gasteiger partial charge in [0.25, 0.3) is 0 Å². The summed E-state index contributed by atoms with van der Waals surface area (Å²) in [6, 6.07) is 0.658. The molecule has 0 aromatic carbocycles. The van der Waals surface area contributed by atoms with Gasteiger partial charge in [-0.05, 0) is 42.9 Å². The van der Waals surface area contributed by atoms with Gasteiger partial charge in [-0.1, -0.05) is 13.8 Å². The highest BCUT2D eigenvalue weighted by molar-refractivity contribution is 5.77. The highest BCUT2D eigenvalue weighted by Gasteiger charge is 2.61. The number of esters is 2. The first-order valence-electron chi connectivity index (χ1n) is 9.73. The molecule has 4 heterocycles. The average molecular weight is 350 g/mol. The van der Waals surface area contributed by atoms with Crippen molar-refractivity contribution in [1.29, 1.82) is 0 Å². The second-order valence-corrected chi connectivity index (χ2v) is 9.04. The minimum Gasteiger partial charge on any atom is -0.465 e. The summed E-state index contributed by atoms with van der Waals surface area (Å²) in [5.41, 5.74) is 0.227. The summed E-state index contributed by atoms with van der Waals surface area (Å²) in [4.78, 5) is 24.3. The summed E-state index contributed by atoms with van der Waals surface area (Å²) in [6.45, 7) is 7.12. The van der Waals surface area contributed by atoms with E-state index in [0.717, 1.165) is 45.2 Å². The summed E-state index contributed by atoms with van der Waals surface area (Å²) in [5.74, 6) is -0.00434. The maximum absolute atomic E-state index is 12.1. The number of rotatable bonds is 8. The van der Waals surface area contributed by atoms with Crippen LogP contribution >= 0.6 is 0 Å². The zero-order valence-electron chi connectivity index (χ0n) is 15.3. The molecule has 2 aliphatic carbocycles. The van der Waals surface area contributed by atoms with Crippen LogP contribution in [-0.4, -0.2) is 50.3 Å². The van der Waals surface area contributed by atoms with Crippen LogP contribution in [0, 0.1) is 22.7 Å². The molecule has 0 aromatic heterocycles. The first-order chi connectivity index (χ1) is 11.9. The fourth-order valence-electron chi connectivity index (χ4n) is 5.42. The summed E-state index contributed by atoms with van der Waals surface area (Å²) in [7, 11) is 0. The second kappa shape index (κ2) is 6.23. The molecular weight excluding hydrogens is 320 g/mol. The van der Waals surface area contributed by atoms with Gasteiger partial charge in [0, 0.05) is 25.2 Å². The zero-order chi connectivity index (χ0) is 17.7. The van der Waals surface area contributed by atoms with E-state index < -0.39 is 0 Å². The van der Waals surface area contributed by atoms with Gasteiger partial charge in [-0.2, -0.15) is 0 Å². The molecule has 0 aromatic rings. The molecule has 0 amide bonds. The lowest BCUT2D eigenvalue weighted by atomic mass is 9.62. The SMILES string of the molecule is C[C@]12CN[C@H](C1)[C@H]2C(=O)OCCCCCOC(=O)[C@@H]1[C@H]2C[C@]1(C)CN2. The largest absolute Gasteiger partial charge is 0.465 e. The predicted octanol–water partition coefficient (Wildman–Crippen LogP) is 1.24. The first-order valence-corrected chi connectivity index (χ1v) is 9.73. The molecule has 6 rings (SSSR count). The summed E-state index contributed by atoms with van der Waals surface area (Å²) >= 11 is 0. The Morgan fingerprint density at radius 2 is 1.28 bits per heavy atom. The molecule has 6 aliphatic rings. The molecule has 4 bridgehead atoms. The molecule has 140 valence electrons. The normalized spacial score (nSPS) is 43.3. The Hall–Kier alpha value is -1.14. The summed E-state index contributed by atoms with van der Waals surface area (Å²) in [5, 5.41) is 6.74. The van der Waals surface area contributed by atoms with Crippen LogP contribution < -0.4 is 10.6 Å². The van der Waals surface area contributed by atoms with E-state index in [1.54, 1.807) is 0 Å². The van der Waals surface area contributed by atoms with Crippen molar-refractivity contribution >= 4 is 11.9 Å². The highest BCUT2D eigenvalue weighted by atomic mass is 16.5. The van der Waals surface area contributed by atoms with Crippen molar-refractivity contribution in [2.75, 3.05) is 26.3 Å². The third-order valence-corrected chi connectivity index (χ3v) is 7.00. The number of hydrogen-bond donors (Lipinski definition) is 2. The van der Waals surface area contributed by atoms with E-state index in [-0.39, 0.29) is 34.6 Å². The van der Waals surface area contributed by atoms with Crippen LogP contribution in [0.4, 0.5) is 0 Å². The van der Waals surface area contributed by atoms with E-state index in [1.807, 2.05) is 0 Å². The third kappa shape index (κ3) is 2.87. The number of nitrogens with one attached hydrogen (secondary N) is 2. The Morgan fingerprint density at radius 1 is 0.840 bits per heavy atom. The van der Waals surface area contributed by atoms with E-state index in [4.69, 9.17) is 9.47 Å². The fraction of sp³-hybridized carbons (Fsp3) is 0.895. The number of unbranched alkanes of at least 4 members (excludes halogenated alkanes) is 2. The van der Waals surface area contributed by atoms with Crippen molar-refractivity contribution in [1.82, 2.24) is 10.6 Å². The Balaban J connectivity index is 1.05. The molecule has 2 saturated carbocycles. The monoisotopic (exact) mass is 350 g/mol. The van der Waals surface area contributed by atoms with Crippen molar-refractivity contribution in [3.05, 3.63) is 0 Å². The quantitative estimate of drug-likeness (QED) is 0.507. The van der Waals surface area contributed by atoms with Gasteiger partial charge in [0.2, 0.25) is 0 Å². The number of hydrogen-bond acceptors (Lipinski definition) is 6. The molecule has 6 fully saturated rings. The minimum absolute atomic E-state index is 0.0428. The lowest BCUT2D eigenvalue weighted by molar-refractivity contribution is -0.158. The molecule has 2 N–H and O–H groups in total.